The Hall–Kier alpha value is -0.400. The summed E-state index contributed by atoms with van der Waals surface area (Å²) in [6.07, 6.45) is -12.5. The zero-order valence-electron chi connectivity index (χ0n) is 13.5. The number of hydrogen-bond donors (Lipinski definition) is 6. The lowest BCUT2D eigenvalue weighted by atomic mass is 9.96. The minimum Gasteiger partial charge on any atom is -0.394 e. The molecule has 0 bridgehead atoms. The number of aliphatic hydroxyl groups is 6. The lowest BCUT2D eigenvalue weighted by molar-refractivity contribution is -0.355. The highest BCUT2D eigenvalue weighted by molar-refractivity contribution is 4.93. The lowest BCUT2D eigenvalue weighted by Crippen LogP contribution is -2.64. The van der Waals surface area contributed by atoms with E-state index in [0.717, 1.165) is 0 Å². The van der Waals surface area contributed by atoms with Crippen LogP contribution >= 0.6 is 0 Å². The molecular weight excluding hydrogens is 328 g/mol. The van der Waals surface area contributed by atoms with Gasteiger partial charge in [0.25, 0.3) is 0 Å². The summed E-state index contributed by atoms with van der Waals surface area (Å²) in [7, 11) is 1.27. The predicted molar refractivity (Wildman–Crippen MR) is 76.6 cm³/mol. The van der Waals surface area contributed by atoms with Gasteiger partial charge in [-0.3, -0.25) is 0 Å². The van der Waals surface area contributed by atoms with Crippen molar-refractivity contribution in [2.24, 2.45) is 0 Å². The van der Waals surface area contributed by atoms with Crippen LogP contribution in [0.4, 0.5) is 0 Å². The topological polar surface area (TPSA) is 158 Å². The molecule has 0 unspecified atom stereocenters. The molecule has 0 aliphatic carbocycles. The molecule has 2 aliphatic heterocycles. The van der Waals surface area contributed by atoms with Crippen LogP contribution in [0.1, 0.15) is 13.3 Å². The Bertz CT molecular complexity index is 392. The van der Waals surface area contributed by atoms with Gasteiger partial charge >= 0.3 is 0 Å². The minimum atomic E-state index is -1.58. The van der Waals surface area contributed by atoms with Crippen LogP contribution in [-0.2, 0) is 18.9 Å². The second-order valence-corrected chi connectivity index (χ2v) is 5.97. The molecule has 0 radical (unpaired) electrons. The molecular formula is C14H26O10. The molecule has 0 spiro atoms. The molecule has 2 fully saturated rings. The van der Waals surface area contributed by atoms with Crippen molar-refractivity contribution in [3.8, 4) is 0 Å². The summed E-state index contributed by atoms with van der Waals surface area (Å²) < 4.78 is 21.1. The maximum absolute atomic E-state index is 10.2. The van der Waals surface area contributed by atoms with E-state index >= 15 is 0 Å². The first kappa shape index (κ1) is 19.9. The molecule has 0 aromatic rings. The van der Waals surface area contributed by atoms with Gasteiger partial charge in [0.15, 0.2) is 12.6 Å². The van der Waals surface area contributed by atoms with Gasteiger partial charge in [0.1, 0.15) is 42.7 Å². The molecule has 10 heteroatoms. The first-order chi connectivity index (χ1) is 11.3. The van der Waals surface area contributed by atoms with Gasteiger partial charge in [-0.25, -0.2) is 0 Å². The van der Waals surface area contributed by atoms with E-state index in [-0.39, 0.29) is 0 Å². The van der Waals surface area contributed by atoms with Gasteiger partial charge < -0.3 is 49.6 Å². The Labute approximate surface area is 139 Å². The molecule has 0 amide bonds. The zero-order chi connectivity index (χ0) is 18.0. The lowest BCUT2D eigenvalue weighted by Gasteiger charge is -2.45. The van der Waals surface area contributed by atoms with Gasteiger partial charge in [0.2, 0.25) is 0 Å². The summed E-state index contributed by atoms with van der Waals surface area (Å²) in [6.45, 7) is 1.18. The van der Waals surface area contributed by atoms with Gasteiger partial charge in [-0.15, -0.1) is 0 Å². The molecule has 6 N–H and O–H groups in total. The van der Waals surface area contributed by atoms with Crippen LogP contribution < -0.4 is 0 Å². The molecule has 24 heavy (non-hydrogen) atoms. The fourth-order valence-electron chi connectivity index (χ4n) is 2.94. The van der Waals surface area contributed by atoms with Gasteiger partial charge in [0.05, 0.1) is 12.7 Å². The first-order valence-corrected chi connectivity index (χ1v) is 7.86. The summed E-state index contributed by atoms with van der Waals surface area (Å²) in [5.41, 5.74) is 0. The molecule has 0 aromatic carbocycles. The highest BCUT2D eigenvalue weighted by atomic mass is 16.7. The van der Waals surface area contributed by atoms with Crippen molar-refractivity contribution in [2.75, 3.05) is 13.7 Å². The normalized spacial score (nSPS) is 50.0. The van der Waals surface area contributed by atoms with Crippen molar-refractivity contribution in [1.82, 2.24) is 0 Å². The Balaban J connectivity index is 2.12. The molecule has 2 rings (SSSR count). The maximum atomic E-state index is 10.2. The van der Waals surface area contributed by atoms with Crippen molar-refractivity contribution in [1.29, 1.82) is 0 Å². The quantitative estimate of drug-likeness (QED) is 0.295. The van der Waals surface area contributed by atoms with E-state index in [1.165, 1.54) is 7.11 Å². The van der Waals surface area contributed by atoms with Crippen LogP contribution in [0.5, 0.6) is 0 Å². The third-order valence-electron chi connectivity index (χ3n) is 4.42. The Kier molecular flexibility index (Phi) is 6.90. The Morgan fingerprint density at radius 1 is 0.792 bits per heavy atom. The van der Waals surface area contributed by atoms with Crippen molar-refractivity contribution in [3.05, 3.63) is 0 Å². The molecule has 10 atom stereocenters. The SMILES string of the molecule is CC[C@H]1O[C@@H](O[C@@H]2[C@H](O)[C@@H](O)[C@@H](OC)O[C@@H]2CO)[C@H](O)[C@@H](O)[C@H]1O. The number of ether oxygens (including phenoxy) is 4. The van der Waals surface area contributed by atoms with E-state index in [1.807, 2.05) is 0 Å². The van der Waals surface area contributed by atoms with E-state index < -0.39 is 68.0 Å². The standard InChI is InChI=1S/C14H26O10/c1-3-5-7(16)8(17)10(19)14(22-5)24-12-6(4-15)23-13(21-2)11(20)9(12)18/h5-20H,3-4H2,1-2H3/t5-,6-,7+,8+,9-,10-,11-,12+,13+,14+/m1/s1. The van der Waals surface area contributed by atoms with Crippen LogP contribution in [0, 0.1) is 0 Å². The van der Waals surface area contributed by atoms with Crippen molar-refractivity contribution in [3.63, 3.8) is 0 Å². The third-order valence-corrected chi connectivity index (χ3v) is 4.42. The summed E-state index contributed by atoms with van der Waals surface area (Å²) in [6, 6.07) is 0. The van der Waals surface area contributed by atoms with E-state index in [0.29, 0.717) is 6.42 Å². The first-order valence-electron chi connectivity index (χ1n) is 7.86. The Morgan fingerprint density at radius 3 is 1.92 bits per heavy atom. The minimum absolute atomic E-state index is 0.354. The van der Waals surface area contributed by atoms with Crippen LogP contribution in [0.15, 0.2) is 0 Å². The fourth-order valence-corrected chi connectivity index (χ4v) is 2.94. The number of methoxy groups -OCH3 is 1. The summed E-state index contributed by atoms with van der Waals surface area (Å²) in [5.74, 6) is 0. The van der Waals surface area contributed by atoms with Crippen LogP contribution in [-0.4, -0.2) is 106 Å². The number of rotatable bonds is 5. The van der Waals surface area contributed by atoms with E-state index in [9.17, 15) is 30.6 Å². The molecule has 142 valence electrons. The van der Waals surface area contributed by atoms with E-state index in [2.05, 4.69) is 0 Å². The van der Waals surface area contributed by atoms with Crippen LogP contribution in [0.3, 0.4) is 0 Å². The second-order valence-electron chi connectivity index (χ2n) is 5.97. The summed E-state index contributed by atoms with van der Waals surface area (Å²) >= 11 is 0. The largest absolute Gasteiger partial charge is 0.394 e. The predicted octanol–water partition coefficient (Wildman–Crippen LogP) is -3.33. The average Bonchev–Trinajstić information content (AvgIpc) is 2.59. The van der Waals surface area contributed by atoms with Crippen LogP contribution in [0.2, 0.25) is 0 Å². The molecule has 10 nitrogen and oxygen atoms in total. The van der Waals surface area contributed by atoms with Crippen molar-refractivity contribution < 1.29 is 49.6 Å². The monoisotopic (exact) mass is 354 g/mol. The van der Waals surface area contributed by atoms with E-state index in [4.69, 9.17) is 18.9 Å². The third kappa shape index (κ3) is 3.73. The molecule has 2 heterocycles. The molecule has 2 saturated heterocycles. The Morgan fingerprint density at radius 2 is 1.38 bits per heavy atom. The summed E-state index contributed by atoms with van der Waals surface area (Å²) in [4.78, 5) is 0. The van der Waals surface area contributed by atoms with Gasteiger partial charge in [0, 0.05) is 7.11 Å². The van der Waals surface area contributed by atoms with Crippen molar-refractivity contribution in [2.45, 2.75) is 74.8 Å². The van der Waals surface area contributed by atoms with Gasteiger partial charge in [-0.1, -0.05) is 6.92 Å². The van der Waals surface area contributed by atoms with Crippen LogP contribution in [0.25, 0.3) is 0 Å². The number of aliphatic hydroxyl groups excluding tert-OH is 6. The molecule has 0 saturated carbocycles. The van der Waals surface area contributed by atoms with E-state index in [1.54, 1.807) is 6.92 Å². The highest BCUT2D eigenvalue weighted by Gasteiger charge is 2.50. The fraction of sp³-hybridized carbons (Fsp3) is 1.00. The van der Waals surface area contributed by atoms with Crippen molar-refractivity contribution >= 4 is 0 Å². The highest BCUT2D eigenvalue weighted by Crippen LogP contribution is 2.29. The molecule has 2 aliphatic rings. The maximum Gasteiger partial charge on any atom is 0.187 e. The summed E-state index contributed by atoms with van der Waals surface area (Å²) in [5, 5.41) is 59.3. The second kappa shape index (κ2) is 8.32. The average molecular weight is 354 g/mol. The smallest absolute Gasteiger partial charge is 0.187 e. The van der Waals surface area contributed by atoms with Gasteiger partial charge in [-0.2, -0.15) is 0 Å². The zero-order valence-corrected chi connectivity index (χ0v) is 13.5. The number of hydrogen-bond acceptors (Lipinski definition) is 10. The molecule has 0 aromatic heterocycles. The van der Waals surface area contributed by atoms with Gasteiger partial charge in [-0.05, 0) is 6.42 Å².